The van der Waals surface area contributed by atoms with Gasteiger partial charge in [-0.05, 0) is 34.1 Å². The summed E-state index contributed by atoms with van der Waals surface area (Å²) >= 11 is 11.9. The molecule has 2 rings (SSSR count). The number of hydrogen-bond donors (Lipinski definition) is 0. The molecule has 0 spiro atoms. The molecule has 100 valence electrons. The van der Waals surface area contributed by atoms with Crippen LogP contribution in [-0.4, -0.2) is 9.97 Å². The van der Waals surface area contributed by atoms with Crippen LogP contribution in [0.3, 0.4) is 0 Å². The van der Waals surface area contributed by atoms with Crippen LogP contribution in [-0.2, 0) is 6.18 Å². The van der Waals surface area contributed by atoms with Crippen LogP contribution in [0.1, 0.15) is 5.56 Å². The smallest absolute Gasteiger partial charge is 0.235 e. The molecule has 0 aliphatic heterocycles. The van der Waals surface area contributed by atoms with E-state index in [1.807, 2.05) is 0 Å². The highest BCUT2D eigenvalue weighted by atomic mass is 79.9. The Bertz CT molecular complexity index is 632. The van der Waals surface area contributed by atoms with Gasteiger partial charge >= 0.3 is 6.18 Å². The second-order valence-corrected chi connectivity index (χ2v) is 5.65. The molecule has 19 heavy (non-hydrogen) atoms. The Morgan fingerprint density at radius 1 is 1.16 bits per heavy atom. The lowest BCUT2D eigenvalue weighted by atomic mass is 10.1. The second-order valence-electron chi connectivity index (χ2n) is 3.52. The van der Waals surface area contributed by atoms with Gasteiger partial charge in [0.1, 0.15) is 5.15 Å². The summed E-state index contributed by atoms with van der Waals surface area (Å²) in [5.74, 6) is -0.0759. The molecule has 8 heteroatoms. The van der Waals surface area contributed by atoms with Gasteiger partial charge in [-0.15, -0.1) is 0 Å². The van der Waals surface area contributed by atoms with Crippen LogP contribution in [0.2, 0.25) is 5.15 Å². The molecule has 1 aromatic heterocycles. The summed E-state index contributed by atoms with van der Waals surface area (Å²) in [7, 11) is 0. The van der Waals surface area contributed by atoms with Gasteiger partial charge in [0.15, 0.2) is 5.82 Å². The first-order valence-electron chi connectivity index (χ1n) is 4.84. The van der Waals surface area contributed by atoms with E-state index in [1.165, 1.54) is 18.3 Å². The molecule has 0 saturated heterocycles. The molecule has 2 nitrogen and oxygen atoms in total. The van der Waals surface area contributed by atoms with Crippen LogP contribution in [0.4, 0.5) is 13.2 Å². The van der Waals surface area contributed by atoms with E-state index in [0.717, 1.165) is 6.07 Å². The fraction of sp³-hybridized carbons (Fsp3) is 0.0909. The van der Waals surface area contributed by atoms with E-state index in [4.69, 9.17) is 11.6 Å². The van der Waals surface area contributed by atoms with Gasteiger partial charge in [-0.25, -0.2) is 9.97 Å². The average molecular weight is 416 g/mol. The highest BCUT2D eigenvalue weighted by Gasteiger charge is 2.34. The van der Waals surface area contributed by atoms with Crippen molar-refractivity contribution in [3.8, 4) is 11.4 Å². The molecule has 1 aromatic carbocycles. The zero-order chi connectivity index (χ0) is 14.2. The molecule has 0 aliphatic rings. The van der Waals surface area contributed by atoms with Crippen molar-refractivity contribution in [3.05, 3.63) is 44.1 Å². The van der Waals surface area contributed by atoms with Gasteiger partial charge in [0.05, 0.1) is 10.0 Å². The molecular weight excluding hydrogens is 412 g/mol. The first-order chi connectivity index (χ1) is 8.79. The number of halogens is 6. The van der Waals surface area contributed by atoms with Gasteiger partial charge in [0, 0.05) is 16.2 Å². The molecule has 0 radical (unpaired) electrons. The van der Waals surface area contributed by atoms with E-state index in [2.05, 4.69) is 41.8 Å². The third-order valence-electron chi connectivity index (χ3n) is 2.23. The maximum atomic E-state index is 13.0. The number of benzene rings is 1. The van der Waals surface area contributed by atoms with Crippen LogP contribution in [0, 0.1) is 0 Å². The maximum absolute atomic E-state index is 13.0. The minimum absolute atomic E-state index is 0.0565. The van der Waals surface area contributed by atoms with Crippen LogP contribution >= 0.6 is 43.5 Å². The third kappa shape index (κ3) is 3.27. The van der Waals surface area contributed by atoms with E-state index >= 15 is 0 Å². The Balaban J connectivity index is 2.65. The van der Waals surface area contributed by atoms with Crippen LogP contribution in [0.15, 0.2) is 33.3 Å². The van der Waals surface area contributed by atoms with Crippen molar-refractivity contribution < 1.29 is 13.2 Å². The zero-order valence-electron chi connectivity index (χ0n) is 8.97. The van der Waals surface area contributed by atoms with Crippen molar-refractivity contribution in [2.45, 2.75) is 6.18 Å². The van der Waals surface area contributed by atoms with E-state index in [0.29, 0.717) is 8.95 Å². The van der Waals surface area contributed by atoms with Crippen molar-refractivity contribution in [1.29, 1.82) is 0 Å². The first kappa shape index (κ1) is 14.7. The summed E-state index contributed by atoms with van der Waals surface area (Å²) in [4.78, 5) is 7.69. The molecule has 0 bridgehead atoms. The van der Waals surface area contributed by atoms with Crippen molar-refractivity contribution >= 4 is 43.5 Å². The molecule has 0 N–H and O–H groups in total. The Morgan fingerprint density at radius 2 is 1.84 bits per heavy atom. The molecule has 0 aliphatic carbocycles. The SMILES string of the molecule is FC(F)(F)c1cc(Br)ccc1-c1ncc(Br)c(Cl)n1. The number of aromatic nitrogens is 2. The Labute approximate surface area is 128 Å². The predicted octanol–water partition coefficient (Wildman–Crippen LogP) is 5.34. The van der Waals surface area contributed by atoms with E-state index in [-0.39, 0.29) is 16.5 Å². The molecule has 1 heterocycles. The molecule has 0 unspecified atom stereocenters. The third-order valence-corrected chi connectivity index (χ3v) is 3.82. The zero-order valence-corrected chi connectivity index (χ0v) is 12.9. The van der Waals surface area contributed by atoms with E-state index < -0.39 is 11.7 Å². The minimum atomic E-state index is -4.50. The highest BCUT2D eigenvalue weighted by Crippen LogP contribution is 2.38. The summed E-state index contributed by atoms with van der Waals surface area (Å²) in [6.07, 6.45) is -3.19. The van der Waals surface area contributed by atoms with Gasteiger partial charge in [-0.2, -0.15) is 13.2 Å². The molecule has 0 saturated carbocycles. The van der Waals surface area contributed by atoms with Crippen LogP contribution < -0.4 is 0 Å². The van der Waals surface area contributed by atoms with Crippen LogP contribution in [0.5, 0.6) is 0 Å². The topological polar surface area (TPSA) is 25.8 Å². The standard InChI is InChI=1S/C11H4Br2ClF3N2/c12-5-1-2-6(7(3-5)11(15,16)17)10-18-4-8(13)9(14)19-10/h1-4H. The lowest BCUT2D eigenvalue weighted by molar-refractivity contribution is -0.137. The number of nitrogens with zero attached hydrogens (tertiary/aromatic N) is 2. The van der Waals surface area contributed by atoms with Gasteiger partial charge in [0.25, 0.3) is 0 Å². The van der Waals surface area contributed by atoms with Gasteiger partial charge in [0.2, 0.25) is 0 Å². The van der Waals surface area contributed by atoms with Crippen molar-refractivity contribution in [2.24, 2.45) is 0 Å². The Morgan fingerprint density at radius 3 is 2.42 bits per heavy atom. The van der Waals surface area contributed by atoms with Crippen molar-refractivity contribution in [2.75, 3.05) is 0 Å². The summed E-state index contributed by atoms with van der Waals surface area (Å²) in [6, 6.07) is 3.77. The number of hydrogen-bond acceptors (Lipinski definition) is 2. The monoisotopic (exact) mass is 414 g/mol. The summed E-state index contributed by atoms with van der Waals surface area (Å²) in [5, 5.41) is 0.0565. The Kier molecular flexibility index (Phi) is 4.17. The second kappa shape index (κ2) is 5.38. The lowest BCUT2D eigenvalue weighted by Gasteiger charge is -2.12. The first-order valence-corrected chi connectivity index (χ1v) is 6.80. The average Bonchev–Trinajstić information content (AvgIpc) is 2.32. The fourth-order valence-corrected chi connectivity index (χ4v) is 2.10. The molecule has 0 fully saturated rings. The maximum Gasteiger partial charge on any atom is 0.417 e. The quantitative estimate of drug-likeness (QED) is 0.587. The Hall–Kier alpha value is -0.660. The lowest BCUT2D eigenvalue weighted by Crippen LogP contribution is -2.08. The van der Waals surface area contributed by atoms with Crippen molar-refractivity contribution in [1.82, 2.24) is 9.97 Å². The molecule has 0 amide bonds. The normalized spacial score (nSPS) is 11.7. The predicted molar refractivity (Wildman–Crippen MR) is 72.9 cm³/mol. The molecule has 0 atom stereocenters. The van der Waals surface area contributed by atoms with Gasteiger partial charge in [-0.1, -0.05) is 27.5 Å². The molecule has 2 aromatic rings. The van der Waals surface area contributed by atoms with E-state index in [1.54, 1.807) is 0 Å². The van der Waals surface area contributed by atoms with Gasteiger partial charge < -0.3 is 0 Å². The minimum Gasteiger partial charge on any atom is -0.235 e. The molecular formula is C11H4Br2ClF3N2. The summed E-state index contributed by atoms with van der Waals surface area (Å²) in [5.41, 5.74) is -0.939. The highest BCUT2D eigenvalue weighted by molar-refractivity contribution is 9.10. The van der Waals surface area contributed by atoms with Gasteiger partial charge in [-0.3, -0.25) is 0 Å². The number of alkyl halides is 3. The number of rotatable bonds is 1. The van der Waals surface area contributed by atoms with E-state index in [9.17, 15) is 13.2 Å². The summed E-state index contributed by atoms with van der Waals surface area (Å²) < 4.78 is 39.7. The largest absolute Gasteiger partial charge is 0.417 e. The van der Waals surface area contributed by atoms with Crippen molar-refractivity contribution in [3.63, 3.8) is 0 Å². The van der Waals surface area contributed by atoms with Crippen LogP contribution in [0.25, 0.3) is 11.4 Å². The fourth-order valence-electron chi connectivity index (χ4n) is 1.42. The summed E-state index contributed by atoms with van der Waals surface area (Å²) in [6.45, 7) is 0.